The maximum absolute atomic E-state index is 13.8. The van der Waals surface area contributed by atoms with Crippen molar-refractivity contribution in [2.24, 2.45) is 5.73 Å². The quantitative estimate of drug-likeness (QED) is 0.707. The van der Waals surface area contributed by atoms with E-state index >= 15 is 0 Å². The third kappa shape index (κ3) is 3.52. The summed E-state index contributed by atoms with van der Waals surface area (Å²) in [4.78, 5) is 11.6. The predicted molar refractivity (Wildman–Crippen MR) is 70.5 cm³/mol. The monoisotopic (exact) mass is 269 g/mol. The van der Waals surface area contributed by atoms with Gasteiger partial charge in [0.25, 0.3) is 0 Å². The van der Waals surface area contributed by atoms with E-state index in [1.165, 1.54) is 18.2 Å². The first-order chi connectivity index (χ1) is 9.08. The lowest BCUT2D eigenvalue weighted by molar-refractivity contribution is -0.144. The van der Waals surface area contributed by atoms with E-state index in [1.807, 2.05) is 6.92 Å². The zero-order chi connectivity index (χ0) is 14.3. The Balaban J connectivity index is 2.99. The summed E-state index contributed by atoms with van der Waals surface area (Å²) in [5.74, 6) is -1.67. The number of carboxylic acids is 1. The number of ether oxygens (including phenoxy) is 1. The molecule has 0 aromatic heterocycles. The van der Waals surface area contributed by atoms with E-state index < -0.39 is 17.2 Å². The third-order valence-corrected chi connectivity index (χ3v) is 3.17. The van der Waals surface area contributed by atoms with Crippen molar-refractivity contribution in [1.82, 2.24) is 0 Å². The van der Waals surface area contributed by atoms with Gasteiger partial charge in [-0.05, 0) is 18.9 Å². The average Bonchev–Trinajstić information content (AvgIpc) is 2.40. The molecule has 0 saturated carbocycles. The van der Waals surface area contributed by atoms with Crippen molar-refractivity contribution in [2.45, 2.75) is 25.2 Å². The van der Waals surface area contributed by atoms with E-state index in [4.69, 9.17) is 10.5 Å². The van der Waals surface area contributed by atoms with Gasteiger partial charge in [0.2, 0.25) is 0 Å². The largest absolute Gasteiger partial charge is 0.481 e. The Morgan fingerprint density at radius 1 is 1.42 bits per heavy atom. The molecule has 0 spiro atoms. The highest BCUT2D eigenvalue weighted by molar-refractivity contribution is 5.81. The molecular weight excluding hydrogens is 249 g/mol. The van der Waals surface area contributed by atoms with Crippen LogP contribution in [0.3, 0.4) is 0 Å². The van der Waals surface area contributed by atoms with Crippen LogP contribution in [-0.2, 0) is 14.9 Å². The molecule has 106 valence electrons. The van der Waals surface area contributed by atoms with Gasteiger partial charge in [0, 0.05) is 25.3 Å². The van der Waals surface area contributed by atoms with Crippen LogP contribution in [0.15, 0.2) is 24.3 Å². The minimum Gasteiger partial charge on any atom is -0.481 e. The molecule has 0 aliphatic carbocycles. The van der Waals surface area contributed by atoms with Crippen molar-refractivity contribution in [3.05, 3.63) is 35.6 Å². The van der Waals surface area contributed by atoms with Gasteiger partial charge in [-0.3, -0.25) is 4.79 Å². The average molecular weight is 269 g/mol. The van der Waals surface area contributed by atoms with Gasteiger partial charge in [-0.15, -0.1) is 0 Å². The zero-order valence-electron chi connectivity index (χ0n) is 11.1. The fraction of sp³-hybridized carbons (Fsp3) is 0.500. The summed E-state index contributed by atoms with van der Waals surface area (Å²) in [6.45, 7) is 2.59. The Kier molecular flexibility index (Phi) is 5.92. The summed E-state index contributed by atoms with van der Waals surface area (Å²) in [5, 5.41) is 9.46. The van der Waals surface area contributed by atoms with E-state index in [0.29, 0.717) is 6.61 Å². The van der Waals surface area contributed by atoms with Gasteiger partial charge in [-0.25, -0.2) is 4.39 Å². The number of carboxylic acid groups (broad SMARTS) is 1. The van der Waals surface area contributed by atoms with Crippen LogP contribution in [0.5, 0.6) is 0 Å². The highest BCUT2D eigenvalue weighted by Crippen LogP contribution is 2.29. The van der Waals surface area contributed by atoms with Crippen molar-refractivity contribution in [1.29, 1.82) is 0 Å². The molecule has 0 heterocycles. The molecule has 5 heteroatoms. The van der Waals surface area contributed by atoms with Crippen molar-refractivity contribution in [2.75, 3.05) is 19.8 Å². The summed E-state index contributed by atoms with van der Waals surface area (Å²) >= 11 is 0. The van der Waals surface area contributed by atoms with Crippen LogP contribution >= 0.6 is 0 Å². The maximum atomic E-state index is 13.8. The molecule has 1 rings (SSSR count). The molecule has 1 aromatic rings. The molecule has 0 aliphatic rings. The second kappa shape index (κ2) is 7.21. The molecule has 1 aromatic carbocycles. The highest BCUT2D eigenvalue weighted by atomic mass is 19.1. The molecule has 0 amide bonds. The number of nitrogens with two attached hydrogens (primary N) is 1. The molecule has 0 aliphatic heterocycles. The molecule has 0 bridgehead atoms. The minimum atomic E-state index is -1.43. The Morgan fingerprint density at radius 2 is 2.11 bits per heavy atom. The van der Waals surface area contributed by atoms with Gasteiger partial charge >= 0.3 is 5.97 Å². The maximum Gasteiger partial charge on any atom is 0.315 e. The van der Waals surface area contributed by atoms with Crippen molar-refractivity contribution in [3.63, 3.8) is 0 Å². The van der Waals surface area contributed by atoms with Gasteiger partial charge in [-0.2, -0.15) is 0 Å². The normalized spacial score (nSPS) is 14.1. The molecule has 3 N–H and O–H groups in total. The Morgan fingerprint density at radius 3 is 2.63 bits per heavy atom. The first kappa shape index (κ1) is 15.6. The highest BCUT2D eigenvalue weighted by Gasteiger charge is 2.40. The van der Waals surface area contributed by atoms with Crippen LogP contribution in [0.4, 0.5) is 4.39 Å². The molecule has 0 fully saturated rings. The van der Waals surface area contributed by atoms with Crippen LogP contribution in [0.1, 0.15) is 25.3 Å². The van der Waals surface area contributed by atoms with E-state index in [2.05, 4.69) is 0 Å². The summed E-state index contributed by atoms with van der Waals surface area (Å²) in [6.07, 6.45) is 1.00. The van der Waals surface area contributed by atoms with Crippen LogP contribution in [-0.4, -0.2) is 30.8 Å². The zero-order valence-corrected chi connectivity index (χ0v) is 11.1. The predicted octanol–water partition coefficient (Wildman–Crippen LogP) is 1.92. The van der Waals surface area contributed by atoms with Crippen molar-refractivity contribution in [3.8, 4) is 0 Å². The molecule has 0 radical (unpaired) electrons. The summed E-state index contributed by atoms with van der Waals surface area (Å²) in [5.41, 5.74) is 4.31. The summed E-state index contributed by atoms with van der Waals surface area (Å²) in [7, 11) is 0. The first-order valence-corrected chi connectivity index (χ1v) is 6.34. The number of rotatable bonds is 8. The number of hydrogen-bond donors (Lipinski definition) is 2. The fourth-order valence-electron chi connectivity index (χ4n) is 2.00. The topological polar surface area (TPSA) is 72.5 Å². The first-order valence-electron chi connectivity index (χ1n) is 6.34. The van der Waals surface area contributed by atoms with Crippen LogP contribution in [0.2, 0.25) is 0 Å². The van der Waals surface area contributed by atoms with Crippen LogP contribution in [0.25, 0.3) is 0 Å². The van der Waals surface area contributed by atoms with Crippen molar-refractivity contribution < 1.29 is 19.0 Å². The number of hydrogen-bond acceptors (Lipinski definition) is 3. The van der Waals surface area contributed by atoms with Crippen LogP contribution < -0.4 is 5.73 Å². The Labute approximate surface area is 112 Å². The Hall–Kier alpha value is -1.46. The van der Waals surface area contributed by atoms with E-state index in [9.17, 15) is 14.3 Å². The second-order valence-electron chi connectivity index (χ2n) is 4.43. The lowest BCUT2D eigenvalue weighted by Gasteiger charge is -2.28. The number of benzene rings is 1. The van der Waals surface area contributed by atoms with E-state index in [0.717, 1.165) is 6.42 Å². The lowest BCUT2D eigenvalue weighted by atomic mass is 9.77. The summed E-state index contributed by atoms with van der Waals surface area (Å²) in [6, 6.07) is 5.85. The van der Waals surface area contributed by atoms with Gasteiger partial charge < -0.3 is 15.6 Å². The molecular formula is C14H20FNO3. The standard InChI is InChI=1S/C14H20FNO3/c1-2-8-19-9-7-14(10-16,13(17)18)11-5-3-4-6-12(11)15/h3-6H,2,7-10,16H2,1H3,(H,17,18). The van der Waals surface area contributed by atoms with Gasteiger partial charge in [-0.1, -0.05) is 25.1 Å². The third-order valence-electron chi connectivity index (χ3n) is 3.17. The van der Waals surface area contributed by atoms with E-state index in [1.54, 1.807) is 6.07 Å². The number of carbonyl (C=O) groups is 1. The molecule has 19 heavy (non-hydrogen) atoms. The van der Waals surface area contributed by atoms with Gasteiger partial charge in [0.1, 0.15) is 11.2 Å². The molecule has 0 saturated heterocycles. The Bertz CT molecular complexity index is 425. The SMILES string of the molecule is CCCOCCC(CN)(C(=O)O)c1ccccc1F. The second-order valence-corrected chi connectivity index (χ2v) is 4.43. The molecule has 4 nitrogen and oxygen atoms in total. The van der Waals surface area contributed by atoms with E-state index in [-0.39, 0.29) is 25.1 Å². The molecule has 1 atom stereocenters. The lowest BCUT2D eigenvalue weighted by Crippen LogP contribution is -2.44. The van der Waals surface area contributed by atoms with Crippen LogP contribution in [0, 0.1) is 5.82 Å². The number of aliphatic carboxylic acids is 1. The smallest absolute Gasteiger partial charge is 0.315 e. The van der Waals surface area contributed by atoms with Gasteiger partial charge in [0.15, 0.2) is 0 Å². The minimum absolute atomic E-state index is 0.116. The van der Waals surface area contributed by atoms with Crippen molar-refractivity contribution >= 4 is 5.97 Å². The summed E-state index contributed by atoms with van der Waals surface area (Å²) < 4.78 is 19.2. The fourth-order valence-corrected chi connectivity index (χ4v) is 2.00. The molecule has 1 unspecified atom stereocenters. The van der Waals surface area contributed by atoms with Gasteiger partial charge in [0.05, 0.1) is 0 Å². The number of halogens is 1.